The van der Waals surface area contributed by atoms with Crippen molar-refractivity contribution in [1.82, 2.24) is 15.6 Å². The molecular formula is C20H25FN4OS3. The number of pyridine rings is 1. The highest BCUT2D eigenvalue weighted by Gasteiger charge is 2.41. The van der Waals surface area contributed by atoms with Crippen molar-refractivity contribution in [1.29, 1.82) is 0 Å². The third kappa shape index (κ3) is 5.33. The topological polar surface area (TPSA) is 60.4 Å². The van der Waals surface area contributed by atoms with Gasteiger partial charge in [0.05, 0.1) is 24.3 Å². The first-order valence-corrected chi connectivity index (χ1v) is 10.5. The number of β-amino-alcohol motifs (C(OH)–C–C–N with tert-alkyl or cyclic N) is 1. The second-order valence-corrected chi connectivity index (χ2v) is 10.2. The molecule has 2 aromatic rings. The number of rotatable bonds is 7. The number of benzene rings is 1. The van der Waals surface area contributed by atoms with Crippen LogP contribution in [0, 0.1) is 0 Å². The van der Waals surface area contributed by atoms with Crippen molar-refractivity contribution >= 4 is 60.0 Å². The lowest BCUT2D eigenvalue weighted by Gasteiger charge is -2.46. The van der Waals surface area contributed by atoms with Crippen molar-refractivity contribution in [3.05, 3.63) is 54.0 Å². The Hall–Kier alpha value is -1.55. The fourth-order valence-electron chi connectivity index (χ4n) is 3.21. The first-order valence-electron chi connectivity index (χ1n) is 9.12. The first-order chi connectivity index (χ1) is 13.7. The molecule has 0 spiro atoms. The van der Waals surface area contributed by atoms with Gasteiger partial charge in [-0.2, -0.15) is 0 Å². The van der Waals surface area contributed by atoms with Crippen LogP contribution in [0.1, 0.15) is 12.6 Å². The quantitative estimate of drug-likeness (QED) is 0.221. The highest BCUT2D eigenvalue weighted by atomic mass is 32.2. The van der Waals surface area contributed by atoms with E-state index in [1.165, 1.54) is 0 Å². The second kappa shape index (κ2) is 8.67. The van der Waals surface area contributed by atoms with Crippen molar-refractivity contribution in [3.63, 3.8) is 0 Å². The molecule has 3 rings (SSSR count). The number of nitrogens with one attached hydrogen (secondary N) is 2. The number of halogens is 1. The zero-order chi connectivity index (χ0) is 21.2. The number of thiol groups is 3. The summed E-state index contributed by atoms with van der Waals surface area (Å²) in [6.07, 6.45) is 3.88. The van der Waals surface area contributed by atoms with Gasteiger partial charge in [-0.1, -0.05) is 12.1 Å². The fourth-order valence-corrected chi connectivity index (χ4v) is 3.58. The van der Waals surface area contributed by atoms with Crippen LogP contribution in [0.2, 0.25) is 0 Å². The average Bonchev–Trinajstić information content (AvgIpc) is 2.67. The van der Waals surface area contributed by atoms with E-state index in [1.54, 1.807) is 7.05 Å². The zero-order valence-corrected chi connectivity index (χ0v) is 18.9. The summed E-state index contributed by atoms with van der Waals surface area (Å²) in [6.45, 7) is 1.83. The lowest BCUT2D eigenvalue weighted by Crippen LogP contribution is -2.63. The molecule has 1 fully saturated rings. The number of fused-ring (bicyclic) bond motifs is 1. The molecule has 0 atom stereocenters. The van der Waals surface area contributed by atoms with E-state index in [0.717, 1.165) is 27.9 Å². The van der Waals surface area contributed by atoms with Gasteiger partial charge in [0.25, 0.3) is 0 Å². The van der Waals surface area contributed by atoms with Crippen molar-refractivity contribution in [3.8, 4) is 0 Å². The van der Waals surface area contributed by atoms with Crippen molar-refractivity contribution < 1.29 is 9.50 Å². The van der Waals surface area contributed by atoms with Crippen molar-refractivity contribution in [2.75, 3.05) is 31.7 Å². The Kier molecular flexibility index (Phi) is 6.62. The van der Waals surface area contributed by atoms with Crippen LogP contribution in [0.15, 0.2) is 48.3 Å². The monoisotopic (exact) mass is 452 g/mol. The van der Waals surface area contributed by atoms with Crippen LogP contribution >= 0.6 is 37.9 Å². The summed E-state index contributed by atoms with van der Waals surface area (Å²) in [5, 5.41) is 17.0. The Balaban J connectivity index is 1.84. The molecular weight excluding hydrogens is 427 g/mol. The number of nitrogens with zero attached hydrogens (tertiary/aromatic N) is 2. The van der Waals surface area contributed by atoms with Gasteiger partial charge in [0, 0.05) is 18.1 Å². The summed E-state index contributed by atoms with van der Waals surface area (Å²) in [5.74, 6) is 0.702. The number of alkyl halides is 1. The van der Waals surface area contributed by atoms with E-state index >= 15 is 0 Å². The molecule has 1 aromatic heterocycles. The molecule has 3 N–H and O–H groups in total. The van der Waals surface area contributed by atoms with Gasteiger partial charge in [0.1, 0.15) is 18.1 Å². The predicted octanol–water partition coefficient (Wildman–Crippen LogP) is 3.21. The highest BCUT2D eigenvalue weighted by molar-refractivity contribution is 8.16. The highest BCUT2D eigenvalue weighted by Crippen LogP contribution is 2.31. The number of hydrogen-bond donors (Lipinski definition) is 6. The van der Waals surface area contributed by atoms with E-state index < -0.39 is 15.8 Å². The normalized spacial score (nSPS) is 17.3. The fraction of sp³-hybridized carbons (Fsp3) is 0.350. The largest absolute Gasteiger partial charge is 0.383 e. The molecule has 156 valence electrons. The maximum Gasteiger partial charge on any atom is 0.171 e. The molecule has 0 saturated carbocycles. The molecule has 9 heteroatoms. The third-order valence-electron chi connectivity index (χ3n) is 4.74. The van der Waals surface area contributed by atoms with Crippen LogP contribution in [0.5, 0.6) is 0 Å². The minimum absolute atomic E-state index is 0.302. The molecule has 2 heterocycles. The van der Waals surface area contributed by atoms with Crippen LogP contribution in [0.4, 0.5) is 10.1 Å². The summed E-state index contributed by atoms with van der Waals surface area (Å²) in [6, 6.07) is 9.85. The third-order valence-corrected chi connectivity index (χ3v) is 5.07. The van der Waals surface area contributed by atoms with Crippen LogP contribution in [-0.2, 0) is 0 Å². The standard InChI is InChI=1S/C20H25FN4OS3/c1-3-13(9-18(22-2)24-20(27,28)29)16-6-4-14-8-15(5-7-17(14)23-16)25-11-19(26,10-21)12-25/h3-9,22,24,26-29H,10-12H2,1-2H3/b13-3+,18-9+. The van der Waals surface area contributed by atoms with Gasteiger partial charge < -0.3 is 20.6 Å². The Morgan fingerprint density at radius 3 is 2.62 bits per heavy atom. The SMILES string of the molecule is C/C=C(\C=C(/NC)NC(S)(S)S)c1ccc2cc(N3CC(O)(CF)C3)ccc2n1. The lowest BCUT2D eigenvalue weighted by molar-refractivity contribution is -0.00981. The maximum absolute atomic E-state index is 12.8. The van der Waals surface area contributed by atoms with Gasteiger partial charge in [0.15, 0.2) is 3.54 Å². The van der Waals surface area contributed by atoms with Gasteiger partial charge in [0.2, 0.25) is 0 Å². The summed E-state index contributed by atoms with van der Waals surface area (Å²) >= 11 is 12.8. The molecule has 0 aliphatic carbocycles. The predicted molar refractivity (Wildman–Crippen MR) is 128 cm³/mol. The van der Waals surface area contributed by atoms with Crippen molar-refractivity contribution in [2.45, 2.75) is 16.1 Å². The van der Waals surface area contributed by atoms with E-state index in [2.05, 4.69) is 48.5 Å². The molecule has 0 unspecified atom stereocenters. The summed E-state index contributed by atoms with van der Waals surface area (Å²) in [4.78, 5) is 6.72. The Bertz CT molecular complexity index is 952. The van der Waals surface area contributed by atoms with Crippen LogP contribution in [0.3, 0.4) is 0 Å². The van der Waals surface area contributed by atoms with Crippen LogP contribution in [0.25, 0.3) is 16.5 Å². The number of hydrogen-bond acceptors (Lipinski definition) is 8. The molecule has 5 nitrogen and oxygen atoms in total. The summed E-state index contributed by atoms with van der Waals surface area (Å²) in [5.41, 5.74) is 2.33. The molecule has 1 aliphatic heterocycles. The van der Waals surface area contributed by atoms with Gasteiger partial charge in [-0.15, -0.1) is 37.9 Å². The van der Waals surface area contributed by atoms with E-state index in [-0.39, 0.29) is 0 Å². The minimum atomic E-state index is -1.21. The van der Waals surface area contributed by atoms with Gasteiger partial charge in [-0.3, -0.25) is 0 Å². The molecule has 0 radical (unpaired) electrons. The van der Waals surface area contributed by atoms with E-state index in [1.807, 2.05) is 54.3 Å². The Morgan fingerprint density at radius 2 is 2.03 bits per heavy atom. The summed E-state index contributed by atoms with van der Waals surface area (Å²) in [7, 11) is 1.79. The van der Waals surface area contributed by atoms with E-state index in [4.69, 9.17) is 4.98 Å². The molecule has 1 saturated heterocycles. The number of aliphatic hydroxyl groups is 1. The number of aromatic nitrogens is 1. The van der Waals surface area contributed by atoms with E-state index in [0.29, 0.717) is 18.9 Å². The van der Waals surface area contributed by atoms with Crippen LogP contribution < -0.4 is 15.5 Å². The Labute approximate surface area is 186 Å². The number of allylic oxidation sites excluding steroid dienone is 3. The first kappa shape index (κ1) is 22.1. The minimum Gasteiger partial charge on any atom is -0.383 e. The van der Waals surface area contributed by atoms with Crippen molar-refractivity contribution in [2.24, 2.45) is 0 Å². The lowest BCUT2D eigenvalue weighted by atomic mass is 9.95. The van der Waals surface area contributed by atoms with E-state index in [9.17, 15) is 9.50 Å². The second-order valence-electron chi connectivity index (χ2n) is 7.10. The van der Waals surface area contributed by atoms with Gasteiger partial charge in [-0.05, 0) is 42.8 Å². The average molecular weight is 453 g/mol. The van der Waals surface area contributed by atoms with Gasteiger partial charge >= 0.3 is 0 Å². The molecule has 1 aliphatic rings. The van der Waals surface area contributed by atoms with Crippen LogP contribution in [-0.4, -0.2) is 46.0 Å². The molecule has 1 aromatic carbocycles. The molecule has 0 bridgehead atoms. The van der Waals surface area contributed by atoms with Gasteiger partial charge in [-0.25, -0.2) is 9.37 Å². The zero-order valence-electron chi connectivity index (χ0n) is 16.2. The molecule has 0 amide bonds. The Morgan fingerprint density at radius 1 is 1.31 bits per heavy atom. The smallest absolute Gasteiger partial charge is 0.171 e. The molecule has 29 heavy (non-hydrogen) atoms. The maximum atomic E-state index is 12.8. The summed E-state index contributed by atoms with van der Waals surface area (Å²) < 4.78 is 11.8. The number of anilines is 1.